The normalized spacial score (nSPS) is 13.4. The Balaban J connectivity index is 2.04. The van der Waals surface area contributed by atoms with Gasteiger partial charge in [-0.1, -0.05) is 61.0 Å². The first-order valence-corrected chi connectivity index (χ1v) is 11.4. The molecular formula is C23H21ClF3NO2S. The van der Waals surface area contributed by atoms with Crippen LogP contribution in [-0.4, -0.2) is 12.7 Å². The standard InChI is InChI=1S/C23H21ClF3NO2S/c1-2-22(18-6-4-3-5-7-18)28(31(29,30)21-14-12-20(24)13-15-21)16-17-8-10-19(11-9-17)23(25,26)27/h3-15,22H,2,16H2,1H3. The van der Waals surface area contributed by atoms with Gasteiger partial charge < -0.3 is 0 Å². The highest BCUT2D eigenvalue weighted by Crippen LogP contribution is 2.34. The van der Waals surface area contributed by atoms with Crippen molar-refractivity contribution in [1.29, 1.82) is 0 Å². The van der Waals surface area contributed by atoms with E-state index in [1.165, 1.54) is 40.7 Å². The smallest absolute Gasteiger partial charge is 0.207 e. The SMILES string of the molecule is CCC(c1ccccc1)N(Cc1ccc(C(F)(F)F)cc1)S(=O)(=O)c1ccc(Cl)cc1. The number of sulfonamides is 1. The van der Waals surface area contributed by atoms with Gasteiger partial charge in [0.1, 0.15) is 0 Å². The van der Waals surface area contributed by atoms with E-state index >= 15 is 0 Å². The van der Waals surface area contributed by atoms with Crippen LogP contribution in [0.4, 0.5) is 13.2 Å². The predicted octanol–water partition coefficient (Wildman–Crippen LogP) is 6.70. The molecule has 3 aromatic carbocycles. The highest BCUT2D eigenvalue weighted by atomic mass is 35.5. The molecule has 3 rings (SSSR count). The summed E-state index contributed by atoms with van der Waals surface area (Å²) in [6, 6.07) is 19.1. The van der Waals surface area contributed by atoms with Crippen LogP contribution in [0.15, 0.2) is 83.8 Å². The van der Waals surface area contributed by atoms with Crippen molar-refractivity contribution < 1.29 is 21.6 Å². The van der Waals surface area contributed by atoms with Gasteiger partial charge in [0.15, 0.2) is 0 Å². The topological polar surface area (TPSA) is 37.4 Å². The van der Waals surface area contributed by atoms with Crippen LogP contribution < -0.4 is 0 Å². The summed E-state index contributed by atoms with van der Waals surface area (Å²) < 4.78 is 67.2. The van der Waals surface area contributed by atoms with Gasteiger partial charge in [-0.05, 0) is 53.9 Å². The van der Waals surface area contributed by atoms with Crippen LogP contribution >= 0.6 is 11.6 Å². The van der Waals surface area contributed by atoms with E-state index in [-0.39, 0.29) is 11.4 Å². The first kappa shape index (κ1) is 23.3. The molecule has 0 N–H and O–H groups in total. The quantitative estimate of drug-likeness (QED) is 0.387. The third-order valence-electron chi connectivity index (χ3n) is 4.96. The number of hydrogen-bond acceptors (Lipinski definition) is 2. The van der Waals surface area contributed by atoms with Crippen LogP contribution in [0, 0.1) is 0 Å². The zero-order valence-electron chi connectivity index (χ0n) is 16.7. The lowest BCUT2D eigenvalue weighted by atomic mass is 10.0. The lowest BCUT2D eigenvalue weighted by molar-refractivity contribution is -0.137. The minimum atomic E-state index is -4.45. The minimum Gasteiger partial charge on any atom is -0.207 e. The predicted molar refractivity (Wildman–Crippen MR) is 115 cm³/mol. The van der Waals surface area contributed by atoms with Crippen molar-refractivity contribution in [3.63, 3.8) is 0 Å². The molecule has 0 aliphatic rings. The molecule has 0 bridgehead atoms. The highest BCUT2D eigenvalue weighted by Gasteiger charge is 2.33. The van der Waals surface area contributed by atoms with E-state index in [2.05, 4.69) is 0 Å². The van der Waals surface area contributed by atoms with Crippen LogP contribution in [0.1, 0.15) is 36.1 Å². The van der Waals surface area contributed by atoms with Crippen LogP contribution in [-0.2, 0) is 22.7 Å². The second-order valence-corrected chi connectivity index (χ2v) is 9.36. The number of benzene rings is 3. The number of hydrogen-bond donors (Lipinski definition) is 0. The first-order chi connectivity index (χ1) is 14.6. The largest absolute Gasteiger partial charge is 0.416 e. The summed E-state index contributed by atoms with van der Waals surface area (Å²) in [5, 5.41) is 0.406. The summed E-state index contributed by atoms with van der Waals surface area (Å²) in [7, 11) is -3.96. The zero-order valence-corrected chi connectivity index (χ0v) is 18.3. The second-order valence-electron chi connectivity index (χ2n) is 7.03. The lowest BCUT2D eigenvalue weighted by Gasteiger charge is -2.31. The summed E-state index contributed by atoms with van der Waals surface area (Å²) in [5.41, 5.74) is 0.479. The molecule has 0 aliphatic carbocycles. The van der Waals surface area contributed by atoms with Crippen molar-refractivity contribution in [2.75, 3.05) is 0 Å². The van der Waals surface area contributed by atoms with Crippen molar-refractivity contribution >= 4 is 21.6 Å². The average Bonchev–Trinajstić information content (AvgIpc) is 2.74. The van der Waals surface area contributed by atoms with E-state index in [1.54, 1.807) is 0 Å². The summed E-state index contributed by atoms with van der Waals surface area (Å²) in [5.74, 6) is 0. The third-order valence-corrected chi connectivity index (χ3v) is 7.08. The van der Waals surface area contributed by atoms with Crippen LogP contribution in [0.5, 0.6) is 0 Å². The fourth-order valence-electron chi connectivity index (χ4n) is 3.36. The van der Waals surface area contributed by atoms with Crippen LogP contribution in [0.2, 0.25) is 5.02 Å². The maximum absolute atomic E-state index is 13.6. The molecule has 1 atom stereocenters. The molecule has 3 nitrogen and oxygen atoms in total. The molecule has 3 aromatic rings. The van der Waals surface area contributed by atoms with Crippen molar-refractivity contribution in [2.24, 2.45) is 0 Å². The molecule has 0 saturated heterocycles. The molecule has 8 heteroatoms. The van der Waals surface area contributed by atoms with Crippen LogP contribution in [0.3, 0.4) is 0 Å². The Morgan fingerprint density at radius 3 is 2.00 bits per heavy atom. The zero-order chi connectivity index (χ0) is 22.6. The van der Waals surface area contributed by atoms with Gasteiger partial charge in [0.2, 0.25) is 10.0 Å². The van der Waals surface area contributed by atoms with E-state index in [1.807, 2.05) is 37.3 Å². The number of nitrogens with zero attached hydrogens (tertiary/aromatic N) is 1. The van der Waals surface area contributed by atoms with Gasteiger partial charge in [-0.25, -0.2) is 8.42 Å². The second kappa shape index (κ2) is 9.42. The maximum atomic E-state index is 13.6. The molecule has 0 aromatic heterocycles. The van der Waals surface area contributed by atoms with Crippen molar-refractivity contribution in [2.45, 2.75) is 37.0 Å². The Bertz CT molecular complexity index is 1100. The van der Waals surface area contributed by atoms with Crippen molar-refractivity contribution in [1.82, 2.24) is 4.31 Å². The summed E-state index contributed by atoms with van der Waals surface area (Å²) in [6.07, 6.45) is -3.97. The fraction of sp³-hybridized carbons (Fsp3) is 0.217. The number of alkyl halides is 3. The highest BCUT2D eigenvalue weighted by molar-refractivity contribution is 7.89. The molecule has 31 heavy (non-hydrogen) atoms. The Morgan fingerprint density at radius 1 is 0.903 bits per heavy atom. The van der Waals surface area contributed by atoms with Crippen LogP contribution in [0.25, 0.3) is 0 Å². The Labute approximate surface area is 185 Å². The van der Waals surface area contributed by atoms with Crippen molar-refractivity contribution in [3.8, 4) is 0 Å². The summed E-state index contributed by atoms with van der Waals surface area (Å²) in [6.45, 7) is 1.80. The molecule has 0 amide bonds. The van der Waals surface area contributed by atoms with Gasteiger partial charge in [-0.3, -0.25) is 0 Å². The number of rotatable bonds is 7. The molecule has 164 valence electrons. The summed E-state index contributed by atoms with van der Waals surface area (Å²) in [4.78, 5) is 0.0678. The monoisotopic (exact) mass is 467 g/mol. The van der Waals surface area contributed by atoms with E-state index < -0.39 is 27.8 Å². The maximum Gasteiger partial charge on any atom is 0.416 e. The minimum absolute atomic E-state index is 0.0678. The molecular weight excluding hydrogens is 447 g/mol. The van der Waals surface area contributed by atoms with Gasteiger partial charge in [-0.2, -0.15) is 17.5 Å². The van der Waals surface area contributed by atoms with Gasteiger partial charge in [-0.15, -0.1) is 0 Å². The molecule has 0 saturated carbocycles. The van der Waals surface area contributed by atoms with Gasteiger partial charge >= 0.3 is 6.18 Å². The lowest BCUT2D eigenvalue weighted by Crippen LogP contribution is -2.34. The van der Waals surface area contributed by atoms with E-state index in [0.29, 0.717) is 17.0 Å². The Kier molecular flexibility index (Phi) is 7.09. The Morgan fingerprint density at radius 2 is 1.48 bits per heavy atom. The molecule has 0 radical (unpaired) electrons. The third kappa shape index (κ3) is 5.47. The summed E-state index contributed by atoms with van der Waals surface area (Å²) >= 11 is 5.91. The fourth-order valence-corrected chi connectivity index (χ4v) is 5.17. The van der Waals surface area contributed by atoms with E-state index in [0.717, 1.165) is 17.7 Å². The molecule has 1 unspecified atom stereocenters. The van der Waals surface area contributed by atoms with Gasteiger partial charge in [0.05, 0.1) is 16.5 Å². The first-order valence-electron chi connectivity index (χ1n) is 9.61. The average molecular weight is 468 g/mol. The molecule has 0 spiro atoms. The van der Waals surface area contributed by atoms with Crippen molar-refractivity contribution in [3.05, 3.63) is 101 Å². The van der Waals surface area contributed by atoms with E-state index in [4.69, 9.17) is 11.6 Å². The van der Waals surface area contributed by atoms with E-state index in [9.17, 15) is 21.6 Å². The van der Waals surface area contributed by atoms with Gasteiger partial charge in [0, 0.05) is 11.6 Å². The molecule has 0 fully saturated rings. The number of halogens is 4. The Hall–Kier alpha value is -2.35. The molecule has 0 heterocycles. The van der Waals surface area contributed by atoms with Gasteiger partial charge in [0.25, 0.3) is 0 Å². The molecule has 0 aliphatic heterocycles.